The maximum Gasteiger partial charge on any atom is 0.331 e. The highest BCUT2D eigenvalue weighted by Gasteiger charge is 2.17. The molecule has 0 saturated heterocycles. The molecule has 0 aliphatic rings. The molecule has 0 bridgehead atoms. The van der Waals surface area contributed by atoms with Crippen molar-refractivity contribution in [2.75, 3.05) is 20.8 Å². The SMILES string of the molecule is CCOC(=O)C=Cc1c(C)n(Cc2ccc(OC)c(Br)c2)c(=O)n(Cc2ccc(OC)c(Br)c2)c1=O. The quantitative estimate of drug-likeness (QED) is 0.258. The largest absolute Gasteiger partial charge is 0.496 e. The van der Waals surface area contributed by atoms with Crippen molar-refractivity contribution >= 4 is 43.9 Å². The molecule has 0 unspecified atom stereocenters. The Hall–Kier alpha value is -3.11. The van der Waals surface area contributed by atoms with Crippen LogP contribution in [0.2, 0.25) is 0 Å². The van der Waals surface area contributed by atoms with Gasteiger partial charge in [-0.15, -0.1) is 0 Å². The van der Waals surface area contributed by atoms with E-state index in [9.17, 15) is 14.4 Å². The minimum Gasteiger partial charge on any atom is -0.496 e. The van der Waals surface area contributed by atoms with E-state index >= 15 is 0 Å². The Kier molecular flexibility index (Phi) is 9.33. The fraction of sp³-hybridized carbons (Fsp3) is 0.269. The summed E-state index contributed by atoms with van der Waals surface area (Å²) in [7, 11) is 3.13. The maximum absolute atomic E-state index is 13.6. The van der Waals surface area contributed by atoms with Gasteiger partial charge >= 0.3 is 11.7 Å². The molecule has 0 aliphatic carbocycles. The van der Waals surface area contributed by atoms with Crippen LogP contribution >= 0.6 is 31.9 Å². The topological polar surface area (TPSA) is 88.8 Å². The number of aromatic nitrogens is 2. The summed E-state index contributed by atoms with van der Waals surface area (Å²) in [6.07, 6.45) is 2.59. The molecule has 3 aromatic rings. The molecule has 0 amide bonds. The first kappa shape index (κ1) is 27.5. The average molecular weight is 622 g/mol. The second-order valence-corrected chi connectivity index (χ2v) is 9.49. The van der Waals surface area contributed by atoms with E-state index in [1.807, 2.05) is 12.1 Å². The van der Waals surface area contributed by atoms with Crippen LogP contribution in [0.1, 0.15) is 29.3 Å². The fourth-order valence-electron chi connectivity index (χ4n) is 3.66. The molecular formula is C26H26Br2N2O6. The summed E-state index contributed by atoms with van der Waals surface area (Å²) in [4.78, 5) is 38.9. The summed E-state index contributed by atoms with van der Waals surface area (Å²) < 4.78 is 19.6. The fourth-order valence-corrected chi connectivity index (χ4v) is 4.84. The summed E-state index contributed by atoms with van der Waals surface area (Å²) in [5, 5.41) is 0. The predicted molar refractivity (Wildman–Crippen MR) is 145 cm³/mol. The van der Waals surface area contributed by atoms with Gasteiger partial charge < -0.3 is 14.2 Å². The van der Waals surface area contributed by atoms with Crippen LogP contribution in [0.5, 0.6) is 11.5 Å². The van der Waals surface area contributed by atoms with Gasteiger partial charge in [0.15, 0.2) is 0 Å². The minimum atomic E-state index is -0.571. The molecule has 0 fully saturated rings. The number of esters is 1. The van der Waals surface area contributed by atoms with E-state index in [1.165, 1.54) is 16.7 Å². The Bertz CT molecular complexity index is 1430. The minimum absolute atomic E-state index is 0.0348. The highest BCUT2D eigenvalue weighted by Crippen LogP contribution is 2.27. The molecule has 0 spiro atoms. The van der Waals surface area contributed by atoms with Crippen molar-refractivity contribution in [2.45, 2.75) is 26.9 Å². The summed E-state index contributed by atoms with van der Waals surface area (Å²) in [5.41, 5.74) is 1.24. The second kappa shape index (κ2) is 12.2. The monoisotopic (exact) mass is 620 g/mol. The number of hydrogen-bond donors (Lipinski definition) is 0. The number of halogens is 2. The average Bonchev–Trinajstić information content (AvgIpc) is 2.85. The number of nitrogens with zero attached hydrogens (tertiary/aromatic N) is 2. The van der Waals surface area contributed by atoms with E-state index in [4.69, 9.17) is 14.2 Å². The highest BCUT2D eigenvalue weighted by atomic mass is 79.9. The molecular weight excluding hydrogens is 596 g/mol. The van der Waals surface area contributed by atoms with Crippen LogP contribution in [0.25, 0.3) is 6.08 Å². The summed E-state index contributed by atoms with van der Waals surface area (Å²) >= 11 is 6.92. The van der Waals surface area contributed by atoms with Gasteiger partial charge in [-0.3, -0.25) is 13.9 Å². The standard InChI is InChI=1S/C26H26Br2N2O6/c1-5-36-24(31)11-8-19-16(2)29(14-17-6-9-22(34-3)20(27)12-17)26(33)30(25(19)32)15-18-7-10-23(35-4)21(28)13-18/h6-13H,5,14-15H2,1-4H3. The third-order valence-corrected chi connectivity index (χ3v) is 6.76. The molecule has 0 aliphatic heterocycles. The molecule has 0 N–H and O–H groups in total. The number of benzene rings is 2. The summed E-state index contributed by atoms with van der Waals surface area (Å²) in [6.45, 7) is 3.84. The molecule has 10 heteroatoms. The molecule has 3 rings (SSSR count). The van der Waals surface area contributed by atoms with Crippen LogP contribution in [0.15, 0.2) is 61.0 Å². The molecule has 8 nitrogen and oxygen atoms in total. The lowest BCUT2D eigenvalue weighted by atomic mass is 10.1. The first-order valence-electron chi connectivity index (χ1n) is 11.0. The lowest BCUT2D eigenvalue weighted by Gasteiger charge is -2.17. The second-order valence-electron chi connectivity index (χ2n) is 7.78. The van der Waals surface area contributed by atoms with Crippen molar-refractivity contribution in [3.05, 3.63) is 94.6 Å². The van der Waals surface area contributed by atoms with Gasteiger partial charge in [0, 0.05) is 11.8 Å². The normalized spacial score (nSPS) is 11.1. The van der Waals surface area contributed by atoms with Crippen LogP contribution < -0.4 is 20.7 Å². The van der Waals surface area contributed by atoms with Gasteiger partial charge in [-0.05, 0) is 87.2 Å². The zero-order valence-corrected chi connectivity index (χ0v) is 23.5. The van der Waals surface area contributed by atoms with Gasteiger partial charge in [-0.25, -0.2) is 9.59 Å². The van der Waals surface area contributed by atoms with E-state index in [-0.39, 0.29) is 25.3 Å². The Balaban J connectivity index is 2.15. The summed E-state index contributed by atoms with van der Waals surface area (Å²) in [5.74, 6) is 0.727. The van der Waals surface area contributed by atoms with Crippen LogP contribution in [-0.4, -0.2) is 35.9 Å². The van der Waals surface area contributed by atoms with Crippen LogP contribution in [-0.2, 0) is 22.6 Å². The van der Waals surface area contributed by atoms with Crippen LogP contribution in [0.4, 0.5) is 0 Å². The smallest absolute Gasteiger partial charge is 0.331 e. The lowest BCUT2D eigenvalue weighted by Crippen LogP contribution is -2.42. The van der Waals surface area contributed by atoms with Gasteiger partial charge in [0.1, 0.15) is 11.5 Å². The van der Waals surface area contributed by atoms with E-state index in [0.29, 0.717) is 21.7 Å². The van der Waals surface area contributed by atoms with Crippen molar-refractivity contribution in [3.8, 4) is 11.5 Å². The molecule has 0 radical (unpaired) electrons. The molecule has 0 saturated carbocycles. The van der Waals surface area contributed by atoms with E-state index in [2.05, 4.69) is 31.9 Å². The number of ether oxygens (including phenoxy) is 3. The van der Waals surface area contributed by atoms with Gasteiger partial charge in [-0.1, -0.05) is 12.1 Å². The van der Waals surface area contributed by atoms with Gasteiger partial charge in [0.25, 0.3) is 5.56 Å². The van der Waals surface area contributed by atoms with Crippen molar-refractivity contribution in [1.82, 2.24) is 9.13 Å². The zero-order chi connectivity index (χ0) is 26.4. The zero-order valence-electron chi connectivity index (χ0n) is 20.3. The third kappa shape index (κ3) is 6.17. The highest BCUT2D eigenvalue weighted by molar-refractivity contribution is 9.10. The number of carbonyl (C=O) groups is 1. The van der Waals surface area contributed by atoms with Gasteiger partial charge in [0.2, 0.25) is 0 Å². The Morgan fingerprint density at radius 1 is 0.917 bits per heavy atom. The Morgan fingerprint density at radius 3 is 1.92 bits per heavy atom. The summed E-state index contributed by atoms with van der Waals surface area (Å²) in [6, 6.07) is 10.8. The molecule has 36 heavy (non-hydrogen) atoms. The van der Waals surface area contributed by atoms with E-state index in [0.717, 1.165) is 20.2 Å². The molecule has 1 heterocycles. The Labute approximate surface area is 225 Å². The molecule has 2 aromatic carbocycles. The number of rotatable bonds is 9. The number of hydrogen-bond acceptors (Lipinski definition) is 6. The number of carbonyl (C=O) groups excluding carboxylic acids is 1. The van der Waals surface area contributed by atoms with E-state index < -0.39 is 17.2 Å². The maximum atomic E-state index is 13.6. The van der Waals surface area contributed by atoms with E-state index in [1.54, 1.807) is 52.3 Å². The number of methoxy groups -OCH3 is 2. The van der Waals surface area contributed by atoms with Crippen molar-refractivity contribution in [2.24, 2.45) is 0 Å². The lowest BCUT2D eigenvalue weighted by molar-refractivity contribution is -0.137. The predicted octanol–water partition coefficient (Wildman–Crippen LogP) is 4.53. The van der Waals surface area contributed by atoms with Crippen molar-refractivity contribution in [3.63, 3.8) is 0 Å². The first-order chi connectivity index (χ1) is 17.2. The first-order valence-corrected chi connectivity index (χ1v) is 12.6. The molecule has 190 valence electrons. The molecule has 0 atom stereocenters. The van der Waals surface area contributed by atoms with Gasteiger partial charge in [-0.2, -0.15) is 0 Å². The van der Waals surface area contributed by atoms with Crippen LogP contribution in [0, 0.1) is 6.92 Å². The Morgan fingerprint density at radius 2 is 1.44 bits per heavy atom. The van der Waals surface area contributed by atoms with Crippen molar-refractivity contribution < 1.29 is 19.0 Å². The van der Waals surface area contributed by atoms with Gasteiger partial charge in [0.05, 0.1) is 48.4 Å². The van der Waals surface area contributed by atoms with Crippen molar-refractivity contribution in [1.29, 1.82) is 0 Å². The molecule has 1 aromatic heterocycles. The van der Waals surface area contributed by atoms with Crippen LogP contribution in [0.3, 0.4) is 0 Å². The third-order valence-electron chi connectivity index (χ3n) is 5.52.